The van der Waals surface area contributed by atoms with Crippen LogP contribution in [0.25, 0.3) is 11.3 Å². The number of aromatic amines is 1. The molecule has 2 amide bonds. The highest BCUT2D eigenvalue weighted by molar-refractivity contribution is 6.04. The maximum atomic E-state index is 13.6. The normalized spacial score (nSPS) is 11.6. The van der Waals surface area contributed by atoms with Gasteiger partial charge in [0.25, 0.3) is 12.3 Å². The van der Waals surface area contributed by atoms with E-state index < -0.39 is 35.1 Å². The number of hydrogen-bond acceptors (Lipinski definition) is 4. The van der Waals surface area contributed by atoms with E-state index in [9.17, 15) is 27.2 Å². The molecule has 0 bridgehead atoms. The molecule has 0 saturated carbocycles. The molecular formula is C23H23F4N5O2. The Morgan fingerprint density at radius 1 is 1.12 bits per heavy atom. The molecule has 34 heavy (non-hydrogen) atoms. The summed E-state index contributed by atoms with van der Waals surface area (Å²) in [6.07, 6.45) is -1.85. The number of halogens is 4. The third-order valence-corrected chi connectivity index (χ3v) is 4.89. The Kier molecular flexibility index (Phi) is 7.04. The van der Waals surface area contributed by atoms with Crippen molar-refractivity contribution in [2.45, 2.75) is 40.7 Å². The van der Waals surface area contributed by atoms with Crippen molar-refractivity contribution in [1.29, 1.82) is 0 Å². The van der Waals surface area contributed by atoms with Gasteiger partial charge in [-0.25, -0.2) is 22.5 Å². The molecule has 0 spiro atoms. The molecule has 0 radical (unpaired) electrons. The number of nitrogens with one attached hydrogen (secondary N) is 3. The molecule has 2 aromatic heterocycles. The molecule has 7 nitrogen and oxygen atoms in total. The van der Waals surface area contributed by atoms with E-state index in [1.807, 2.05) is 0 Å². The van der Waals surface area contributed by atoms with Gasteiger partial charge in [-0.05, 0) is 36.8 Å². The van der Waals surface area contributed by atoms with Crippen LogP contribution in [0, 0.1) is 24.0 Å². The molecule has 0 fully saturated rings. The second kappa shape index (κ2) is 9.62. The topological polar surface area (TPSA) is 99.8 Å². The van der Waals surface area contributed by atoms with Crippen LogP contribution >= 0.6 is 0 Å². The van der Waals surface area contributed by atoms with Gasteiger partial charge in [0, 0.05) is 23.7 Å². The zero-order valence-corrected chi connectivity index (χ0v) is 18.9. The van der Waals surface area contributed by atoms with Crippen LogP contribution in [-0.4, -0.2) is 26.8 Å². The summed E-state index contributed by atoms with van der Waals surface area (Å²) in [7, 11) is 0. The average Bonchev–Trinajstić information content (AvgIpc) is 3.12. The summed E-state index contributed by atoms with van der Waals surface area (Å²) in [6, 6.07) is 4.47. The molecule has 1 aromatic carbocycles. The lowest BCUT2D eigenvalue weighted by Gasteiger charge is -2.18. The summed E-state index contributed by atoms with van der Waals surface area (Å²) in [5.74, 6) is -3.31. The second-order valence-corrected chi connectivity index (χ2v) is 8.64. The van der Waals surface area contributed by atoms with Gasteiger partial charge in [0.15, 0.2) is 11.6 Å². The smallest absolute Gasteiger partial charge is 0.281 e. The standard InChI is InChI=1S/C23H23F4N5O2/c1-11-17(13-5-6-15(24)16(25)8-13)31-22(30-11)32-20(33)14-7-12(9-28-18(14)19(26)27)10-29-21(34)23(2,3)4/h5-9,19H,10H2,1-4H3,(H,29,34)(H2,30,31,32,33). The summed E-state index contributed by atoms with van der Waals surface area (Å²) in [5.41, 5.74) is -0.444. The first-order valence-electron chi connectivity index (χ1n) is 10.3. The number of carbonyl (C=O) groups excluding carboxylic acids is 2. The van der Waals surface area contributed by atoms with Crippen molar-refractivity contribution in [2.75, 3.05) is 5.32 Å². The first kappa shape index (κ1) is 24.9. The van der Waals surface area contributed by atoms with E-state index in [0.29, 0.717) is 17.0 Å². The highest BCUT2D eigenvalue weighted by Crippen LogP contribution is 2.26. The largest absolute Gasteiger partial charge is 0.352 e. The molecule has 3 rings (SSSR count). The van der Waals surface area contributed by atoms with Gasteiger partial charge in [-0.2, -0.15) is 0 Å². The first-order chi connectivity index (χ1) is 15.9. The van der Waals surface area contributed by atoms with Gasteiger partial charge in [-0.3, -0.25) is 19.9 Å². The van der Waals surface area contributed by atoms with Crippen molar-refractivity contribution >= 4 is 17.8 Å². The van der Waals surface area contributed by atoms with Crippen LogP contribution in [0.1, 0.15) is 54.5 Å². The van der Waals surface area contributed by atoms with Crippen LogP contribution < -0.4 is 10.6 Å². The number of aryl methyl sites for hydroxylation is 1. The van der Waals surface area contributed by atoms with Gasteiger partial charge in [-0.1, -0.05) is 20.8 Å². The zero-order valence-electron chi connectivity index (χ0n) is 18.9. The predicted octanol–water partition coefficient (Wildman–Crippen LogP) is 4.91. The Labute approximate surface area is 193 Å². The van der Waals surface area contributed by atoms with Crippen molar-refractivity contribution in [3.05, 3.63) is 64.6 Å². The number of H-pyrrole nitrogens is 1. The third-order valence-electron chi connectivity index (χ3n) is 4.89. The summed E-state index contributed by atoms with van der Waals surface area (Å²) in [5, 5.41) is 5.06. The van der Waals surface area contributed by atoms with E-state index in [4.69, 9.17) is 0 Å². The fourth-order valence-electron chi connectivity index (χ4n) is 3.05. The number of benzene rings is 1. The van der Waals surface area contributed by atoms with E-state index in [-0.39, 0.29) is 29.5 Å². The van der Waals surface area contributed by atoms with Gasteiger partial charge in [0.1, 0.15) is 5.69 Å². The summed E-state index contributed by atoms with van der Waals surface area (Å²) >= 11 is 0. The minimum atomic E-state index is -3.02. The van der Waals surface area contributed by atoms with Gasteiger partial charge < -0.3 is 10.3 Å². The van der Waals surface area contributed by atoms with Crippen molar-refractivity contribution in [1.82, 2.24) is 20.3 Å². The summed E-state index contributed by atoms with van der Waals surface area (Å²) in [4.78, 5) is 35.5. The lowest BCUT2D eigenvalue weighted by Crippen LogP contribution is -2.34. The van der Waals surface area contributed by atoms with Crippen molar-refractivity contribution in [2.24, 2.45) is 5.41 Å². The van der Waals surface area contributed by atoms with E-state index in [1.54, 1.807) is 27.7 Å². The Morgan fingerprint density at radius 3 is 2.44 bits per heavy atom. The predicted molar refractivity (Wildman–Crippen MR) is 117 cm³/mol. The number of carbonyl (C=O) groups is 2. The highest BCUT2D eigenvalue weighted by Gasteiger charge is 2.24. The Morgan fingerprint density at radius 2 is 1.82 bits per heavy atom. The van der Waals surface area contributed by atoms with Crippen molar-refractivity contribution in [3.8, 4) is 11.3 Å². The molecule has 0 aliphatic carbocycles. The van der Waals surface area contributed by atoms with E-state index in [0.717, 1.165) is 12.1 Å². The maximum absolute atomic E-state index is 13.6. The van der Waals surface area contributed by atoms with Crippen molar-refractivity contribution < 1.29 is 27.2 Å². The molecule has 0 aliphatic rings. The Bertz CT molecular complexity index is 1230. The second-order valence-electron chi connectivity index (χ2n) is 8.64. The lowest BCUT2D eigenvalue weighted by atomic mass is 9.95. The highest BCUT2D eigenvalue weighted by atomic mass is 19.3. The number of rotatable bonds is 6. The maximum Gasteiger partial charge on any atom is 0.281 e. The number of aromatic nitrogens is 3. The summed E-state index contributed by atoms with van der Waals surface area (Å²) in [6.45, 7) is 6.73. The molecule has 0 unspecified atom stereocenters. The number of anilines is 1. The average molecular weight is 477 g/mol. The van der Waals surface area contributed by atoms with Crippen LogP contribution in [-0.2, 0) is 11.3 Å². The zero-order chi connectivity index (χ0) is 25.2. The molecular weight excluding hydrogens is 454 g/mol. The van der Waals surface area contributed by atoms with Crippen LogP contribution in [0.2, 0.25) is 0 Å². The van der Waals surface area contributed by atoms with Gasteiger partial charge in [0.2, 0.25) is 11.9 Å². The molecule has 0 atom stereocenters. The number of nitrogens with zero attached hydrogens (tertiary/aromatic N) is 2. The van der Waals surface area contributed by atoms with E-state index in [1.165, 1.54) is 18.3 Å². The molecule has 3 aromatic rings. The van der Waals surface area contributed by atoms with Gasteiger partial charge in [0.05, 0.1) is 17.0 Å². The number of pyridine rings is 1. The SMILES string of the molecule is Cc1nc(NC(=O)c2cc(CNC(=O)C(C)(C)C)cnc2C(F)F)[nH]c1-c1ccc(F)c(F)c1. The Hall–Kier alpha value is -3.76. The first-order valence-corrected chi connectivity index (χ1v) is 10.3. The monoisotopic (exact) mass is 477 g/mol. The molecule has 3 N–H and O–H groups in total. The molecule has 0 aliphatic heterocycles. The van der Waals surface area contributed by atoms with Gasteiger partial charge >= 0.3 is 0 Å². The minimum absolute atomic E-state index is 0.00690. The van der Waals surface area contributed by atoms with Crippen molar-refractivity contribution in [3.63, 3.8) is 0 Å². The minimum Gasteiger partial charge on any atom is -0.352 e. The number of hydrogen-bond donors (Lipinski definition) is 3. The number of alkyl halides is 2. The van der Waals surface area contributed by atoms with Crippen LogP contribution in [0.3, 0.4) is 0 Å². The molecule has 180 valence electrons. The van der Waals surface area contributed by atoms with E-state index >= 15 is 0 Å². The molecule has 11 heteroatoms. The fourth-order valence-corrected chi connectivity index (χ4v) is 3.05. The fraction of sp³-hybridized carbons (Fsp3) is 0.304. The Balaban J connectivity index is 1.84. The van der Waals surface area contributed by atoms with Crippen LogP contribution in [0.4, 0.5) is 23.5 Å². The van der Waals surface area contributed by atoms with Crippen LogP contribution in [0.15, 0.2) is 30.5 Å². The third kappa shape index (κ3) is 5.59. The number of amides is 2. The quantitative estimate of drug-likeness (QED) is 0.439. The van der Waals surface area contributed by atoms with Crippen LogP contribution in [0.5, 0.6) is 0 Å². The number of imidazole rings is 1. The summed E-state index contributed by atoms with van der Waals surface area (Å²) < 4.78 is 53.8. The molecule has 2 heterocycles. The lowest BCUT2D eigenvalue weighted by molar-refractivity contribution is -0.128. The van der Waals surface area contributed by atoms with E-state index in [2.05, 4.69) is 25.6 Å². The van der Waals surface area contributed by atoms with Gasteiger partial charge in [-0.15, -0.1) is 0 Å². The molecule has 0 saturated heterocycles.